The van der Waals surface area contributed by atoms with Gasteiger partial charge in [-0.2, -0.15) is 0 Å². The van der Waals surface area contributed by atoms with E-state index in [2.05, 4.69) is 48.0 Å². The quantitative estimate of drug-likeness (QED) is 0.661. The maximum Gasteiger partial charge on any atom is 0.00718 e. The highest BCUT2D eigenvalue weighted by molar-refractivity contribution is 9.09. The topological polar surface area (TPSA) is 0 Å². The Bertz CT molecular complexity index is 220. The lowest BCUT2D eigenvalue weighted by Gasteiger charge is -2.01. The highest BCUT2D eigenvalue weighted by Crippen LogP contribution is 2.09. The summed E-state index contributed by atoms with van der Waals surface area (Å²) in [6.07, 6.45) is 1.13. The molecule has 1 heteroatoms. The largest absolute Gasteiger partial charge is 0.0924 e. The minimum absolute atomic E-state index is 1.05. The minimum atomic E-state index is 1.05. The van der Waals surface area contributed by atoms with Crippen LogP contribution < -0.4 is 0 Å². The molecule has 0 saturated heterocycles. The second-order valence-corrected chi connectivity index (χ2v) is 3.73. The number of benzene rings is 1. The summed E-state index contributed by atoms with van der Waals surface area (Å²) in [6, 6.07) is 6.69. The number of hydrogen-bond acceptors (Lipinski definition) is 0. The molecule has 0 amide bonds. The average molecular weight is 213 g/mol. The van der Waals surface area contributed by atoms with Crippen LogP contribution in [0.1, 0.15) is 16.7 Å². The highest BCUT2D eigenvalue weighted by Gasteiger charge is 1.93. The molecule has 0 atom stereocenters. The standard InChI is InChI=1S/C10H13Br/c1-8-5-9(2)7-10(6-8)3-4-11/h5-7H,3-4H2,1-2H3. The number of aryl methyl sites for hydroxylation is 3. The molecule has 0 nitrogen and oxygen atoms in total. The molecule has 1 rings (SSSR count). The molecule has 1 aromatic carbocycles. The predicted octanol–water partition coefficient (Wildman–Crippen LogP) is 3.24. The van der Waals surface area contributed by atoms with Crippen LogP contribution in [0.4, 0.5) is 0 Å². The smallest absolute Gasteiger partial charge is 0.00718 e. The summed E-state index contributed by atoms with van der Waals surface area (Å²) >= 11 is 3.44. The van der Waals surface area contributed by atoms with Gasteiger partial charge in [0.25, 0.3) is 0 Å². The van der Waals surface area contributed by atoms with Gasteiger partial charge < -0.3 is 0 Å². The fourth-order valence-corrected chi connectivity index (χ4v) is 1.78. The summed E-state index contributed by atoms with van der Waals surface area (Å²) in [5.74, 6) is 0. The van der Waals surface area contributed by atoms with E-state index in [0.717, 1.165) is 11.8 Å². The van der Waals surface area contributed by atoms with Gasteiger partial charge in [0.2, 0.25) is 0 Å². The van der Waals surface area contributed by atoms with Crippen LogP contribution >= 0.6 is 15.9 Å². The van der Waals surface area contributed by atoms with Crippen molar-refractivity contribution in [3.8, 4) is 0 Å². The molecule has 60 valence electrons. The van der Waals surface area contributed by atoms with Crippen molar-refractivity contribution < 1.29 is 0 Å². The van der Waals surface area contributed by atoms with Gasteiger partial charge in [-0.15, -0.1) is 0 Å². The summed E-state index contributed by atoms with van der Waals surface area (Å²) in [7, 11) is 0. The van der Waals surface area contributed by atoms with Crippen LogP contribution in [0.5, 0.6) is 0 Å². The Kier molecular flexibility index (Phi) is 3.13. The van der Waals surface area contributed by atoms with Crippen LogP contribution in [0.2, 0.25) is 0 Å². The maximum absolute atomic E-state index is 3.44. The average Bonchev–Trinajstić information content (AvgIpc) is 1.85. The van der Waals surface area contributed by atoms with Crippen molar-refractivity contribution in [1.29, 1.82) is 0 Å². The molecule has 0 aliphatic heterocycles. The van der Waals surface area contributed by atoms with Gasteiger partial charge in [-0.3, -0.25) is 0 Å². The van der Waals surface area contributed by atoms with E-state index in [1.54, 1.807) is 0 Å². The Morgan fingerprint density at radius 2 is 1.64 bits per heavy atom. The first-order chi connectivity index (χ1) is 5.22. The fraction of sp³-hybridized carbons (Fsp3) is 0.400. The third kappa shape index (κ3) is 2.66. The molecule has 0 aliphatic rings. The molecular formula is C10H13Br. The van der Waals surface area contributed by atoms with Crippen LogP contribution in [0.3, 0.4) is 0 Å². The van der Waals surface area contributed by atoms with Gasteiger partial charge in [-0.25, -0.2) is 0 Å². The molecule has 0 radical (unpaired) electrons. The second kappa shape index (κ2) is 3.91. The van der Waals surface area contributed by atoms with E-state index in [4.69, 9.17) is 0 Å². The molecule has 0 unspecified atom stereocenters. The Morgan fingerprint density at radius 1 is 1.09 bits per heavy atom. The lowest BCUT2D eigenvalue weighted by molar-refractivity contribution is 1.15. The van der Waals surface area contributed by atoms with Gasteiger partial charge in [-0.05, 0) is 25.8 Å². The first-order valence-electron chi connectivity index (χ1n) is 3.85. The van der Waals surface area contributed by atoms with E-state index in [1.807, 2.05) is 0 Å². The number of halogens is 1. The Balaban J connectivity index is 2.89. The lowest BCUT2D eigenvalue weighted by atomic mass is 10.1. The van der Waals surface area contributed by atoms with Gasteiger partial charge in [0.15, 0.2) is 0 Å². The van der Waals surface area contributed by atoms with Crippen LogP contribution in [-0.4, -0.2) is 5.33 Å². The van der Waals surface area contributed by atoms with Crippen LogP contribution in [0.15, 0.2) is 18.2 Å². The molecule has 0 aromatic heterocycles. The van der Waals surface area contributed by atoms with Crippen molar-refractivity contribution in [3.05, 3.63) is 34.9 Å². The van der Waals surface area contributed by atoms with E-state index in [9.17, 15) is 0 Å². The van der Waals surface area contributed by atoms with Gasteiger partial charge in [-0.1, -0.05) is 45.3 Å². The third-order valence-corrected chi connectivity index (χ3v) is 2.06. The number of hydrogen-bond donors (Lipinski definition) is 0. The van der Waals surface area contributed by atoms with Crippen LogP contribution in [-0.2, 0) is 6.42 Å². The zero-order valence-corrected chi connectivity index (χ0v) is 8.61. The lowest BCUT2D eigenvalue weighted by Crippen LogP contribution is -1.88. The zero-order valence-electron chi connectivity index (χ0n) is 7.02. The van der Waals surface area contributed by atoms with Gasteiger partial charge in [0.05, 0.1) is 0 Å². The van der Waals surface area contributed by atoms with Crippen molar-refractivity contribution in [2.24, 2.45) is 0 Å². The molecular weight excluding hydrogens is 200 g/mol. The van der Waals surface area contributed by atoms with Crippen molar-refractivity contribution in [3.63, 3.8) is 0 Å². The van der Waals surface area contributed by atoms with Gasteiger partial charge in [0, 0.05) is 5.33 Å². The van der Waals surface area contributed by atoms with Gasteiger partial charge >= 0.3 is 0 Å². The Labute approximate surface area is 76.8 Å². The molecule has 1 aromatic rings. The predicted molar refractivity (Wildman–Crippen MR) is 53.4 cm³/mol. The van der Waals surface area contributed by atoms with E-state index < -0.39 is 0 Å². The van der Waals surface area contributed by atoms with E-state index in [-0.39, 0.29) is 0 Å². The first-order valence-corrected chi connectivity index (χ1v) is 4.97. The van der Waals surface area contributed by atoms with Crippen LogP contribution in [0, 0.1) is 13.8 Å². The summed E-state index contributed by atoms with van der Waals surface area (Å²) < 4.78 is 0. The van der Waals surface area contributed by atoms with Crippen molar-refractivity contribution in [2.45, 2.75) is 20.3 Å². The van der Waals surface area contributed by atoms with Gasteiger partial charge in [0.1, 0.15) is 0 Å². The molecule has 0 bridgehead atoms. The minimum Gasteiger partial charge on any atom is -0.0924 e. The van der Waals surface area contributed by atoms with E-state index in [1.165, 1.54) is 16.7 Å². The zero-order chi connectivity index (χ0) is 8.27. The maximum atomic E-state index is 3.44. The first kappa shape index (κ1) is 8.79. The molecule has 11 heavy (non-hydrogen) atoms. The van der Waals surface area contributed by atoms with E-state index in [0.29, 0.717) is 0 Å². The molecule has 0 saturated carbocycles. The van der Waals surface area contributed by atoms with E-state index >= 15 is 0 Å². The van der Waals surface area contributed by atoms with Crippen molar-refractivity contribution in [2.75, 3.05) is 5.33 Å². The summed E-state index contributed by atoms with van der Waals surface area (Å²) in [4.78, 5) is 0. The molecule has 0 aliphatic carbocycles. The summed E-state index contributed by atoms with van der Waals surface area (Å²) in [5.41, 5.74) is 4.15. The Morgan fingerprint density at radius 3 is 2.09 bits per heavy atom. The van der Waals surface area contributed by atoms with Crippen molar-refractivity contribution in [1.82, 2.24) is 0 Å². The number of alkyl halides is 1. The fourth-order valence-electron chi connectivity index (χ4n) is 1.32. The molecule has 0 fully saturated rings. The third-order valence-electron chi connectivity index (χ3n) is 1.66. The highest BCUT2D eigenvalue weighted by atomic mass is 79.9. The molecule has 0 heterocycles. The second-order valence-electron chi connectivity index (χ2n) is 2.93. The normalized spacial score (nSPS) is 10.1. The van der Waals surface area contributed by atoms with Crippen molar-refractivity contribution >= 4 is 15.9 Å². The summed E-state index contributed by atoms with van der Waals surface area (Å²) in [5, 5.41) is 1.05. The van der Waals surface area contributed by atoms with Crippen LogP contribution in [0.25, 0.3) is 0 Å². The number of rotatable bonds is 2. The monoisotopic (exact) mass is 212 g/mol. The molecule has 0 N–H and O–H groups in total. The summed E-state index contributed by atoms with van der Waals surface area (Å²) in [6.45, 7) is 4.29. The SMILES string of the molecule is Cc1cc(C)cc(CCBr)c1. The Hall–Kier alpha value is -0.300. The molecule has 0 spiro atoms.